The SMILES string of the molecule is CC1(C)c2ccccc2-c2ccc(N(c3cc(-c4ccccc4)cc(-c4ccccc4)c3)c3cc(-c4ccccc4)c4c(c3)-c3ccccc3C4(C)C)cc21. The van der Waals surface area contributed by atoms with E-state index in [1.54, 1.807) is 0 Å². The smallest absolute Gasteiger partial charge is 0.0474 e. The van der Waals surface area contributed by atoms with Crippen LogP contribution in [-0.4, -0.2) is 0 Å². The molecule has 1 nitrogen and oxygen atoms in total. The van der Waals surface area contributed by atoms with Crippen LogP contribution in [0.25, 0.3) is 55.6 Å². The average molecular weight is 706 g/mol. The molecule has 8 aromatic carbocycles. The lowest BCUT2D eigenvalue weighted by molar-refractivity contribution is 0.660. The third-order valence-electron chi connectivity index (χ3n) is 12.2. The van der Waals surface area contributed by atoms with Crippen LogP contribution >= 0.6 is 0 Å². The summed E-state index contributed by atoms with van der Waals surface area (Å²) in [5.41, 5.74) is 21.2. The molecule has 0 saturated carbocycles. The minimum Gasteiger partial charge on any atom is -0.310 e. The van der Waals surface area contributed by atoms with Gasteiger partial charge >= 0.3 is 0 Å². The highest BCUT2D eigenvalue weighted by atomic mass is 15.1. The zero-order valence-electron chi connectivity index (χ0n) is 31.8. The van der Waals surface area contributed by atoms with Gasteiger partial charge in [0.05, 0.1) is 0 Å². The Balaban J connectivity index is 1.28. The Hall–Kier alpha value is -6.44. The van der Waals surface area contributed by atoms with Gasteiger partial charge in [-0.1, -0.05) is 173 Å². The molecule has 0 amide bonds. The summed E-state index contributed by atoms with van der Waals surface area (Å²) in [5, 5.41) is 0. The molecule has 0 atom stereocenters. The van der Waals surface area contributed by atoms with E-state index in [0.29, 0.717) is 0 Å². The number of rotatable bonds is 6. The molecule has 0 aliphatic heterocycles. The minimum absolute atomic E-state index is 0.134. The summed E-state index contributed by atoms with van der Waals surface area (Å²) in [4.78, 5) is 2.51. The van der Waals surface area contributed by atoms with E-state index in [-0.39, 0.29) is 10.8 Å². The predicted molar refractivity (Wildman–Crippen MR) is 233 cm³/mol. The second kappa shape index (κ2) is 12.6. The predicted octanol–water partition coefficient (Wildman–Crippen LogP) is 14.8. The maximum absolute atomic E-state index is 2.51. The van der Waals surface area contributed by atoms with E-state index in [9.17, 15) is 0 Å². The van der Waals surface area contributed by atoms with Crippen LogP contribution in [0.2, 0.25) is 0 Å². The van der Waals surface area contributed by atoms with Crippen molar-refractivity contribution in [3.05, 3.63) is 210 Å². The molecule has 0 N–H and O–H groups in total. The molecule has 2 aliphatic rings. The van der Waals surface area contributed by atoms with Crippen LogP contribution < -0.4 is 4.90 Å². The van der Waals surface area contributed by atoms with E-state index in [1.807, 2.05) is 0 Å². The lowest BCUT2D eigenvalue weighted by Crippen LogP contribution is -2.18. The number of fused-ring (bicyclic) bond motifs is 6. The van der Waals surface area contributed by atoms with Gasteiger partial charge in [0.2, 0.25) is 0 Å². The molecule has 0 radical (unpaired) electrons. The molecule has 0 fully saturated rings. The fourth-order valence-corrected chi connectivity index (χ4v) is 9.50. The normalized spacial score (nSPS) is 14.1. The van der Waals surface area contributed by atoms with Gasteiger partial charge in [-0.2, -0.15) is 0 Å². The van der Waals surface area contributed by atoms with E-state index < -0.39 is 0 Å². The van der Waals surface area contributed by atoms with Crippen molar-refractivity contribution in [2.24, 2.45) is 0 Å². The fraction of sp³-hybridized carbons (Fsp3) is 0.111. The van der Waals surface area contributed by atoms with Crippen LogP contribution in [0, 0.1) is 0 Å². The van der Waals surface area contributed by atoms with Gasteiger partial charge in [-0.3, -0.25) is 0 Å². The zero-order chi connectivity index (χ0) is 37.3. The molecule has 0 heterocycles. The Morgan fingerprint density at radius 3 is 1.35 bits per heavy atom. The van der Waals surface area contributed by atoms with Gasteiger partial charge in [0.15, 0.2) is 0 Å². The Bertz CT molecular complexity index is 2680. The number of hydrogen-bond donors (Lipinski definition) is 0. The molecule has 0 aromatic heterocycles. The lowest BCUT2D eigenvalue weighted by Gasteiger charge is -2.31. The third-order valence-corrected chi connectivity index (χ3v) is 12.2. The second-order valence-corrected chi connectivity index (χ2v) is 16.2. The minimum atomic E-state index is -0.155. The zero-order valence-corrected chi connectivity index (χ0v) is 31.8. The van der Waals surface area contributed by atoms with Gasteiger partial charge in [0.25, 0.3) is 0 Å². The van der Waals surface area contributed by atoms with Crippen molar-refractivity contribution in [2.75, 3.05) is 4.90 Å². The van der Waals surface area contributed by atoms with Crippen LogP contribution in [0.1, 0.15) is 49.9 Å². The van der Waals surface area contributed by atoms with Gasteiger partial charge in [-0.05, 0) is 120 Å². The second-order valence-electron chi connectivity index (χ2n) is 16.2. The molecule has 0 unspecified atom stereocenters. The largest absolute Gasteiger partial charge is 0.310 e. The first kappa shape index (κ1) is 33.2. The Morgan fingerprint density at radius 2 is 0.745 bits per heavy atom. The molecule has 0 saturated heterocycles. The molecule has 264 valence electrons. The summed E-state index contributed by atoms with van der Waals surface area (Å²) < 4.78 is 0. The number of hydrogen-bond acceptors (Lipinski definition) is 1. The molecule has 55 heavy (non-hydrogen) atoms. The summed E-state index contributed by atoms with van der Waals surface area (Å²) >= 11 is 0. The summed E-state index contributed by atoms with van der Waals surface area (Å²) in [6.45, 7) is 9.52. The topological polar surface area (TPSA) is 3.24 Å². The first-order chi connectivity index (χ1) is 26.8. The van der Waals surface area contributed by atoms with E-state index in [4.69, 9.17) is 0 Å². The van der Waals surface area contributed by atoms with Crippen molar-refractivity contribution in [2.45, 2.75) is 38.5 Å². The van der Waals surface area contributed by atoms with Crippen molar-refractivity contribution in [1.29, 1.82) is 0 Å². The summed E-state index contributed by atoms with van der Waals surface area (Å²) in [7, 11) is 0. The highest BCUT2D eigenvalue weighted by Gasteiger charge is 2.39. The Morgan fingerprint density at radius 1 is 0.291 bits per heavy atom. The van der Waals surface area contributed by atoms with Gasteiger partial charge in [-0.15, -0.1) is 0 Å². The molecule has 2 aliphatic carbocycles. The van der Waals surface area contributed by atoms with Gasteiger partial charge < -0.3 is 4.90 Å². The fourth-order valence-electron chi connectivity index (χ4n) is 9.50. The van der Waals surface area contributed by atoms with Crippen molar-refractivity contribution in [3.63, 3.8) is 0 Å². The summed E-state index contributed by atoms with van der Waals surface area (Å²) in [5.74, 6) is 0. The number of benzene rings is 8. The van der Waals surface area contributed by atoms with Crippen molar-refractivity contribution < 1.29 is 0 Å². The quantitative estimate of drug-likeness (QED) is 0.166. The third kappa shape index (κ3) is 5.29. The van der Waals surface area contributed by atoms with Crippen LogP contribution in [-0.2, 0) is 10.8 Å². The van der Waals surface area contributed by atoms with E-state index >= 15 is 0 Å². The molecule has 1 heteroatoms. The maximum atomic E-state index is 2.51. The lowest BCUT2D eigenvalue weighted by atomic mass is 9.78. The highest BCUT2D eigenvalue weighted by Crippen LogP contribution is 2.56. The summed E-state index contributed by atoms with van der Waals surface area (Å²) in [6.07, 6.45) is 0. The van der Waals surface area contributed by atoms with Crippen molar-refractivity contribution >= 4 is 17.1 Å². The van der Waals surface area contributed by atoms with Gasteiger partial charge in [0, 0.05) is 27.9 Å². The molecular formula is C54H43N. The number of anilines is 3. The van der Waals surface area contributed by atoms with Crippen LogP contribution in [0.5, 0.6) is 0 Å². The molecule has 8 aromatic rings. The first-order valence-electron chi connectivity index (χ1n) is 19.4. The molecule has 0 spiro atoms. The van der Waals surface area contributed by atoms with Crippen molar-refractivity contribution in [3.8, 4) is 55.6 Å². The first-order valence-corrected chi connectivity index (χ1v) is 19.4. The Labute approximate surface area is 325 Å². The standard InChI is InChI=1S/C54H43N/c1-53(2)49-26-16-14-24-44(49)46-29-28-41(35-51(46)53)55(42-31-39(36-18-8-5-9-19-36)30-40(32-42)37-20-10-6-11-21-37)43-33-47(38-22-12-7-13-23-38)52-48(34-43)45-25-15-17-27-50(45)54(52,3)4/h5-35H,1-4H3. The molecule has 10 rings (SSSR count). The number of nitrogens with zero attached hydrogens (tertiary/aromatic N) is 1. The monoisotopic (exact) mass is 705 g/mol. The van der Waals surface area contributed by atoms with E-state index in [0.717, 1.165) is 17.1 Å². The van der Waals surface area contributed by atoms with Crippen LogP contribution in [0.15, 0.2) is 188 Å². The Kier molecular flexibility index (Phi) is 7.58. The van der Waals surface area contributed by atoms with Gasteiger partial charge in [-0.25, -0.2) is 0 Å². The van der Waals surface area contributed by atoms with Crippen LogP contribution in [0.3, 0.4) is 0 Å². The molecule has 0 bridgehead atoms. The maximum Gasteiger partial charge on any atom is 0.0474 e. The summed E-state index contributed by atoms with van der Waals surface area (Å²) in [6, 6.07) is 69.6. The van der Waals surface area contributed by atoms with E-state index in [2.05, 4.69) is 221 Å². The molecular weight excluding hydrogens is 663 g/mol. The van der Waals surface area contributed by atoms with Crippen molar-refractivity contribution in [1.82, 2.24) is 0 Å². The van der Waals surface area contributed by atoms with Crippen LogP contribution in [0.4, 0.5) is 17.1 Å². The average Bonchev–Trinajstić information content (AvgIpc) is 3.61. The highest BCUT2D eigenvalue weighted by molar-refractivity contribution is 5.95. The van der Waals surface area contributed by atoms with Gasteiger partial charge in [0.1, 0.15) is 0 Å². The van der Waals surface area contributed by atoms with E-state index in [1.165, 1.54) is 77.9 Å².